The highest BCUT2D eigenvalue weighted by Gasteiger charge is 2.18. The maximum absolute atomic E-state index is 9.52. The molecular weight excluding hydrogens is 236 g/mol. The zero-order chi connectivity index (χ0) is 13.8. The maximum atomic E-state index is 9.52. The number of hydrogen-bond acceptors (Lipinski definition) is 3. The SMILES string of the molecule is C[C@H](O)c1ccc(N(C)CC2CCN(C)CC2)cc1. The van der Waals surface area contributed by atoms with Crippen molar-refractivity contribution < 1.29 is 5.11 Å². The van der Waals surface area contributed by atoms with Crippen LogP contribution in [0, 0.1) is 5.92 Å². The van der Waals surface area contributed by atoms with Crippen LogP contribution in [0.4, 0.5) is 5.69 Å². The summed E-state index contributed by atoms with van der Waals surface area (Å²) in [6.45, 7) is 5.37. The van der Waals surface area contributed by atoms with Gasteiger partial charge in [0, 0.05) is 19.3 Å². The molecule has 0 saturated carbocycles. The Bertz CT molecular complexity index is 380. The lowest BCUT2D eigenvalue weighted by molar-refractivity contribution is 0.199. The summed E-state index contributed by atoms with van der Waals surface area (Å²) in [5.74, 6) is 0.803. The number of hydrogen-bond donors (Lipinski definition) is 1. The third-order valence-corrected chi connectivity index (χ3v) is 4.19. The highest BCUT2D eigenvalue weighted by molar-refractivity contribution is 5.47. The van der Waals surface area contributed by atoms with E-state index in [4.69, 9.17) is 0 Å². The van der Waals surface area contributed by atoms with Crippen LogP contribution in [0.1, 0.15) is 31.4 Å². The van der Waals surface area contributed by atoms with Gasteiger partial charge in [0.2, 0.25) is 0 Å². The molecule has 0 aromatic heterocycles. The zero-order valence-corrected chi connectivity index (χ0v) is 12.3. The Kier molecular flexibility index (Phi) is 4.83. The molecule has 1 heterocycles. The van der Waals surface area contributed by atoms with Crippen molar-refractivity contribution in [2.75, 3.05) is 38.6 Å². The van der Waals surface area contributed by atoms with E-state index in [-0.39, 0.29) is 6.10 Å². The molecule has 1 aliphatic rings. The highest BCUT2D eigenvalue weighted by atomic mass is 16.3. The van der Waals surface area contributed by atoms with Gasteiger partial charge in [0.1, 0.15) is 0 Å². The molecule has 1 saturated heterocycles. The van der Waals surface area contributed by atoms with Gasteiger partial charge in [-0.1, -0.05) is 12.1 Å². The average molecular weight is 262 g/mol. The molecule has 3 nitrogen and oxygen atoms in total. The van der Waals surface area contributed by atoms with Crippen LogP contribution in [0.2, 0.25) is 0 Å². The number of benzene rings is 1. The summed E-state index contributed by atoms with van der Waals surface area (Å²) in [6.07, 6.45) is 2.22. The van der Waals surface area contributed by atoms with Crippen LogP contribution in [0.15, 0.2) is 24.3 Å². The standard InChI is InChI=1S/C16H26N2O/c1-13(19)15-4-6-16(7-5-15)18(3)12-14-8-10-17(2)11-9-14/h4-7,13-14,19H,8-12H2,1-3H3/t13-/m0/s1. The fraction of sp³-hybridized carbons (Fsp3) is 0.625. The summed E-state index contributed by atoms with van der Waals surface area (Å²) in [7, 11) is 4.37. The second-order valence-corrected chi connectivity index (χ2v) is 5.89. The van der Waals surface area contributed by atoms with E-state index in [2.05, 4.69) is 36.0 Å². The average Bonchev–Trinajstić information content (AvgIpc) is 2.41. The molecule has 0 aliphatic carbocycles. The zero-order valence-electron chi connectivity index (χ0n) is 12.3. The van der Waals surface area contributed by atoms with Gasteiger partial charge in [-0.25, -0.2) is 0 Å². The minimum absolute atomic E-state index is 0.381. The summed E-state index contributed by atoms with van der Waals surface area (Å²) >= 11 is 0. The molecule has 0 radical (unpaired) electrons. The van der Waals surface area contributed by atoms with Crippen molar-refractivity contribution in [3.8, 4) is 0 Å². The van der Waals surface area contributed by atoms with Gasteiger partial charge in [-0.15, -0.1) is 0 Å². The molecule has 1 aromatic carbocycles. The molecule has 1 fully saturated rings. The van der Waals surface area contributed by atoms with Crippen molar-refractivity contribution in [1.82, 2.24) is 4.90 Å². The second-order valence-electron chi connectivity index (χ2n) is 5.89. The predicted octanol–water partition coefficient (Wildman–Crippen LogP) is 2.52. The molecule has 0 unspecified atom stereocenters. The van der Waals surface area contributed by atoms with Gasteiger partial charge >= 0.3 is 0 Å². The van der Waals surface area contributed by atoms with Crippen LogP contribution in [0.25, 0.3) is 0 Å². The summed E-state index contributed by atoms with van der Waals surface area (Å²) in [4.78, 5) is 4.75. The first kappa shape index (κ1) is 14.4. The van der Waals surface area contributed by atoms with Gasteiger partial charge in [0.05, 0.1) is 6.10 Å². The van der Waals surface area contributed by atoms with Crippen molar-refractivity contribution in [2.45, 2.75) is 25.9 Å². The topological polar surface area (TPSA) is 26.7 Å². The Balaban J connectivity index is 1.90. The number of aliphatic hydroxyl groups is 1. The van der Waals surface area contributed by atoms with E-state index >= 15 is 0 Å². The fourth-order valence-electron chi connectivity index (χ4n) is 2.74. The molecule has 106 valence electrons. The van der Waals surface area contributed by atoms with Crippen LogP contribution in [-0.2, 0) is 0 Å². The third-order valence-electron chi connectivity index (χ3n) is 4.19. The first-order chi connectivity index (χ1) is 9.06. The summed E-state index contributed by atoms with van der Waals surface area (Å²) < 4.78 is 0. The van der Waals surface area contributed by atoms with E-state index in [0.29, 0.717) is 0 Å². The Morgan fingerprint density at radius 3 is 2.37 bits per heavy atom. The van der Waals surface area contributed by atoms with Crippen molar-refractivity contribution >= 4 is 5.69 Å². The largest absolute Gasteiger partial charge is 0.389 e. The molecule has 3 heteroatoms. The summed E-state index contributed by atoms with van der Waals surface area (Å²) in [5.41, 5.74) is 2.22. The van der Waals surface area contributed by atoms with Gasteiger partial charge in [-0.2, -0.15) is 0 Å². The lowest BCUT2D eigenvalue weighted by atomic mass is 9.96. The Labute approximate surface area is 116 Å². The van der Waals surface area contributed by atoms with Gasteiger partial charge in [-0.3, -0.25) is 0 Å². The lowest BCUT2D eigenvalue weighted by Crippen LogP contribution is -2.35. The maximum Gasteiger partial charge on any atom is 0.0761 e. The molecule has 1 aliphatic heterocycles. The third kappa shape index (κ3) is 3.95. The first-order valence-electron chi connectivity index (χ1n) is 7.24. The minimum Gasteiger partial charge on any atom is -0.389 e. The van der Waals surface area contributed by atoms with Crippen LogP contribution in [-0.4, -0.2) is 43.7 Å². The number of aliphatic hydroxyl groups excluding tert-OH is 1. The summed E-state index contributed by atoms with van der Waals surface area (Å²) in [5, 5.41) is 9.52. The monoisotopic (exact) mass is 262 g/mol. The van der Waals surface area contributed by atoms with Gasteiger partial charge in [-0.05, 0) is 63.5 Å². The Morgan fingerprint density at radius 1 is 1.26 bits per heavy atom. The van der Waals surface area contributed by atoms with E-state index in [1.165, 1.54) is 31.6 Å². The molecule has 1 N–H and O–H groups in total. The van der Waals surface area contributed by atoms with E-state index < -0.39 is 0 Å². The number of anilines is 1. The van der Waals surface area contributed by atoms with Crippen LogP contribution >= 0.6 is 0 Å². The van der Waals surface area contributed by atoms with Crippen LogP contribution in [0.5, 0.6) is 0 Å². The summed E-state index contributed by atoms with van der Waals surface area (Å²) in [6, 6.07) is 8.25. The molecule has 0 spiro atoms. The molecular formula is C16H26N2O. The minimum atomic E-state index is -0.381. The molecule has 1 aromatic rings. The van der Waals surface area contributed by atoms with Gasteiger partial charge in [0.15, 0.2) is 0 Å². The van der Waals surface area contributed by atoms with E-state index in [0.717, 1.165) is 18.0 Å². The predicted molar refractivity (Wildman–Crippen MR) is 80.6 cm³/mol. The molecule has 19 heavy (non-hydrogen) atoms. The Hall–Kier alpha value is -1.06. The number of nitrogens with zero attached hydrogens (tertiary/aromatic N) is 2. The molecule has 2 rings (SSSR count). The van der Waals surface area contributed by atoms with Crippen molar-refractivity contribution in [2.24, 2.45) is 5.92 Å². The number of likely N-dealkylation sites (tertiary alicyclic amines) is 1. The smallest absolute Gasteiger partial charge is 0.0761 e. The first-order valence-corrected chi connectivity index (χ1v) is 7.24. The quantitative estimate of drug-likeness (QED) is 0.903. The van der Waals surface area contributed by atoms with E-state index in [9.17, 15) is 5.11 Å². The normalized spacial score (nSPS) is 19.4. The molecule has 0 amide bonds. The van der Waals surface area contributed by atoms with Crippen molar-refractivity contribution in [3.63, 3.8) is 0 Å². The van der Waals surface area contributed by atoms with Crippen LogP contribution in [0.3, 0.4) is 0 Å². The van der Waals surface area contributed by atoms with E-state index in [1.54, 1.807) is 6.92 Å². The second kappa shape index (κ2) is 6.40. The van der Waals surface area contributed by atoms with Gasteiger partial charge < -0.3 is 14.9 Å². The lowest BCUT2D eigenvalue weighted by Gasteiger charge is -2.32. The highest BCUT2D eigenvalue weighted by Crippen LogP contribution is 2.22. The fourth-order valence-corrected chi connectivity index (χ4v) is 2.74. The van der Waals surface area contributed by atoms with Crippen molar-refractivity contribution in [1.29, 1.82) is 0 Å². The molecule has 1 atom stereocenters. The Morgan fingerprint density at radius 2 is 1.84 bits per heavy atom. The van der Waals surface area contributed by atoms with Gasteiger partial charge in [0.25, 0.3) is 0 Å². The van der Waals surface area contributed by atoms with Crippen LogP contribution < -0.4 is 4.90 Å². The van der Waals surface area contributed by atoms with Crippen molar-refractivity contribution in [3.05, 3.63) is 29.8 Å². The molecule has 0 bridgehead atoms. The number of piperidine rings is 1. The number of rotatable bonds is 4. The van der Waals surface area contributed by atoms with E-state index in [1.807, 2.05) is 12.1 Å².